The Morgan fingerprint density at radius 1 is 1.15 bits per heavy atom. The van der Waals surface area contributed by atoms with Crippen LogP contribution in [-0.2, 0) is 14.8 Å². The van der Waals surface area contributed by atoms with E-state index in [0.717, 1.165) is 17.5 Å². The first-order valence-electron chi connectivity index (χ1n) is 13.3. The standard InChI is InChI=1S/C28H35N5O6S/c1-2-10-32(11-4-9-30-28(36)37)27(35)23-12-22-8-7-21(14-25(22)31-26(29)15-23)20-5-3-6-24(13-20)40(38,39)33-16-19(17-33)18-34/h3,5-8,12-14,19,30,34H,2,4,9-11,15-18H2,1H3,(H2,29,31)(H,36,37). The third-order valence-electron chi connectivity index (χ3n) is 6.92. The Kier molecular flexibility index (Phi) is 9.23. The van der Waals surface area contributed by atoms with Gasteiger partial charge in [0.25, 0.3) is 0 Å². The fourth-order valence-electron chi connectivity index (χ4n) is 4.78. The molecule has 2 aliphatic rings. The molecule has 4 rings (SSSR count). The van der Waals surface area contributed by atoms with Crippen LogP contribution in [0.2, 0.25) is 0 Å². The SMILES string of the molecule is CCCN(CCCNC(=O)O)C(=O)C1=Cc2ccc(-c3cccc(S(=O)(=O)N4CC(CO)C4)c3)cc2N=C(N)C1. The van der Waals surface area contributed by atoms with E-state index in [1.807, 2.05) is 31.2 Å². The summed E-state index contributed by atoms with van der Waals surface area (Å²) in [7, 11) is -3.66. The maximum absolute atomic E-state index is 13.4. The Labute approximate surface area is 234 Å². The third kappa shape index (κ3) is 6.69. The van der Waals surface area contributed by atoms with E-state index in [0.29, 0.717) is 49.4 Å². The predicted molar refractivity (Wildman–Crippen MR) is 153 cm³/mol. The predicted octanol–water partition coefficient (Wildman–Crippen LogP) is 2.64. The van der Waals surface area contributed by atoms with Crippen molar-refractivity contribution in [2.24, 2.45) is 16.6 Å². The summed E-state index contributed by atoms with van der Waals surface area (Å²) >= 11 is 0. The number of hydrogen-bond acceptors (Lipinski definition) is 7. The van der Waals surface area contributed by atoms with Gasteiger partial charge in [-0.25, -0.2) is 18.2 Å². The average Bonchev–Trinajstić information content (AvgIpc) is 3.06. The Morgan fingerprint density at radius 3 is 2.60 bits per heavy atom. The van der Waals surface area contributed by atoms with Gasteiger partial charge in [0.2, 0.25) is 15.9 Å². The van der Waals surface area contributed by atoms with Crippen LogP contribution in [0.5, 0.6) is 0 Å². The fourth-order valence-corrected chi connectivity index (χ4v) is 6.42. The number of rotatable bonds is 11. The van der Waals surface area contributed by atoms with Crippen molar-refractivity contribution in [3.8, 4) is 11.1 Å². The topological polar surface area (TPSA) is 166 Å². The van der Waals surface area contributed by atoms with Gasteiger partial charge in [-0.1, -0.05) is 31.2 Å². The molecule has 40 heavy (non-hydrogen) atoms. The Morgan fingerprint density at radius 2 is 1.90 bits per heavy atom. The van der Waals surface area contributed by atoms with Crippen LogP contribution < -0.4 is 11.1 Å². The van der Waals surface area contributed by atoms with Crippen LogP contribution in [0.3, 0.4) is 0 Å². The fraction of sp³-hybridized carbons (Fsp3) is 0.393. The van der Waals surface area contributed by atoms with E-state index in [1.54, 1.807) is 29.2 Å². The second-order valence-electron chi connectivity index (χ2n) is 10.00. The van der Waals surface area contributed by atoms with E-state index in [4.69, 9.17) is 10.8 Å². The van der Waals surface area contributed by atoms with Crippen molar-refractivity contribution < 1.29 is 28.2 Å². The number of amidine groups is 1. The van der Waals surface area contributed by atoms with Crippen LogP contribution in [0.1, 0.15) is 31.7 Å². The highest BCUT2D eigenvalue weighted by atomic mass is 32.2. The van der Waals surface area contributed by atoms with Crippen molar-refractivity contribution >= 4 is 39.6 Å². The van der Waals surface area contributed by atoms with E-state index >= 15 is 0 Å². The molecule has 2 aliphatic heterocycles. The van der Waals surface area contributed by atoms with E-state index in [2.05, 4.69) is 10.3 Å². The zero-order valence-corrected chi connectivity index (χ0v) is 23.2. The molecule has 0 radical (unpaired) electrons. The molecule has 0 aromatic heterocycles. The number of nitrogens with zero attached hydrogens (tertiary/aromatic N) is 3. The number of aliphatic imine (C=N–C) groups is 1. The molecule has 5 N–H and O–H groups in total. The second kappa shape index (κ2) is 12.6. The molecular formula is C28H35N5O6S. The molecule has 0 atom stereocenters. The molecule has 1 saturated heterocycles. The van der Waals surface area contributed by atoms with E-state index in [-0.39, 0.29) is 42.1 Å². The number of hydrogen-bond donors (Lipinski definition) is 4. The number of aliphatic hydroxyl groups excluding tert-OH is 1. The molecule has 0 bridgehead atoms. The van der Waals surface area contributed by atoms with Crippen LogP contribution in [0.15, 0.2) is 57.9 Å². The molecule has 2 amide bonds. The van der Waals surface area contributed by atoms with Gasteiger partial charge >= 0.3 is 6.09 Å². The van der Waals surface area contributed by atoms with Crippen molar-refractivity contribution in [1.29, 1.82) is 0 Å². The molecule has 0 unspecified atom stereocenters. The number of nitrogens with one attached hydrogen (secondary N) is 1. The molecule has 1 fully saturated rings. The number of amides is 2. The molecular weight excluding hydrogens is 534 g/mol. The lowest BCUT2D eigenvalue weighted by molar-refractivity contribution is -0.127. The number of benzene rings is 2. The Bertz CT molecular complexity index is 1430. The zero-order chi connectivity index (χ0) is 28.9. The second-order valence-corrected chi connectivity index (χ2v) is 11.9. The number of aliphatic hydroxyl groups is 1. The molecule has 0 aliphatic carbocycles. The number of carbonyl (C=O) groups is 2. The van der Waals surface area contributed by atoms with E-state index < -0.39 is 16.1 Å². The number of carboxylic acid groups (broad SMARTS) is 1. The summed E-state index contributed by atoms with van der Waals surface area (Å²) in [4.78, 5) is 30.5. The lowest BCUT2D eigenvalue weighted by Crippen LogP contribution is -2.51. The highest BCUT2D eigenvalue weighted by molar-refractivity contribution is 7.89. The number of nitrogens with two attached hydrogens (primary N) is 1. The lowest BCUT2D eigenvalue weighted by atomic mass is 10.0. The van der Waals surface area contributed by atoms with Gasteiger partial charge in [-0.2, -0.15) is 4.31 Å². The maximum atomic E-state index is 13.4. The largest absolute Gasteiger partial charge is 0.465 e. The van der Waals surface area contributed by atoms with Crippen LogP contribution in [0.4, 0.5) is 10.5 Å². The van der Waals surface area contributed by atoms with Crippen LogP contribution in [-0.4, -0.2) is 85.0 Å². The molecule has 2 aromatic rings. The highest BCUT2D eigenvalue weighted by Gasteiger charge is 2.36. The minimum Gasteiger partial charge on any atom is -0.465 e. The van der Waals surface area contributed by atoms with Crippen molar-refractivity contribution in [2.75, 3.05) is 39.3 Å². The summed E-state index contributed by atoms with van der Waals surface area (Å²) in [5.74, 6) is 0.0883. The lowest BCUT2D eigenvalue weighted by Gasteiger charge is -2.36. The molecule has 0 saturated carbocycles. The normalized spacial score (nSPS) is 15.8. The van der Waals surface area contributed by atoms with E-state index in [1.165, 1.54) is 4.31 Å². The van der Waals surface area contributed by atoms with Crippen molar-refractivity contribution in [3.63, 3.8) is 0 Å². The molecule has 12 heteroatoms. The van der Waals surface area contributed by atoms with Gasteiger partial charge < -0.3 is 26.2 Å². The summed E-state index contributed by atoms with van der Waals surface area (Å²) in [6.07, 6.45) is 2.10. The monoisotopic (exact) mass is 569 g/mol. The number of carbonyl (C=O) groups excluding carboxylic acids is 1. The summed E-state index contributed by atoms with van der Waals surface area (Å²) in [5.41, 5.74) is 9.46. The van der Waals surface area contributed by atoms with Gasteiger partial charge in [0, 0.05) is 62.8 Å². The first-order valence-corrected chi connectivity index (χ1v) is 14.7. The average molecular weight is 570 g/mol. The zero-order valence-electron chi connectivity index (χ0n) is 22.4. The Hall–Kier alpha value is -3.74. The van der Waals surface area contributed by atoms with Crippen LogP contribution in [0.25, 0.3) is 17.2 Å². The summed E-state index contributed by atoms with van der Waals surface area (Å²) in [6.45, 7) is 3.73. The van der Waals surface area contributed by atoms with Gasteiger partial charge in [0.05, 0.1) is 10.6 Å². The molecule has 0 spiro atoms. The summed E-state index contributed by atoms with van der Waals surface area (Å²) in [5, 5.41) is 20.3. The highest BCUT2D eigenvalue weighted by Crippen LogP contribution is 2.34. The molecule has 214 valence electrons. The minimum absolute atomic E-state index is 0.0290. The van der Waals surface area contributed by atoms with Gasteiger partial charge in [0.1, 0.15) is 5.84 Å². The van der Waals surface area contributed by atoms with Crippen molar-refractivity contribution in [2.45, 2.75) is 31.1 Å². The van der Waals surface area contributed by atoms with Crippen molar-refractivity contribution in [1.82, 2.24) is 14.5 Å². The van der Waals surface area contributed by atoms with Gasteiger partial charge in [-0.15, -0.1) is 0 Å². The maximum Gasteiger partial charge on any atom is 0.404 e. The first-order chi connectivity index (χ1) is 19.1. The van der Waals surface area contributed by atoms with E-state index in [9.17, 15) is 23.1 Å². The van der Waals surface area contributed by atoms with Crippen LogP contribution >= 0.6 is 0 Å². The van der Waals surface area contributed by atoms with Gasteiger partial charge in [-0.3, -0.25) is 4.79 Å². The first kappa shape index (κ1) is 29.2. The minimum atomic E-state index is -3.66. The molecule has 11 nitrogen and oxygen atoms in total. The molecule has 2 aromatic carbocycles. The quantitative estimate of drug-likeness (QED) is 0.302. The van der Waals surface area contributed by atoms with Gasteiger partial charge in [-0.05, 0) is 48.2 Å². The smallest absolute Gasteiger partial charge is 0.404 e. The van der Waals surface area contributed by atoms with Crippen LogP contribution in [0, 0.1) is 5.92 Å². The Balaban J connectivity index is 1.57. The third-order valence-corrected chi connectivity index (χ3v) is 8.75. The molecule has 2 heterocycles. The van der Waals surface area contributed by atoms with Crippen molar-refractivity contribution in [3.05, 3.63) is 53.6 Å². The summed E-state index contributed by atoms with van der Waals surface area (Å²) < 4.78 is 27.4. The van der Waals surface area contributed by atoms with Gasteiger partial charge in [0.15, 0.2) is 0 Å². The number of sulfonamides is 1. The summed E-state index contributed by atoms with van der Waals surface area (Å²) in [6, 6.07) is 12.2. The number of fused-ring (bicyclic) bond motifs is 1.